The number of hydrogen-bond acceptors (Lipinski definition) is 3. The Bertz CT molecular complexity index is 998. The molecule has 0 bridgehead atoms. The Labute approximate surface area is 164 Å². The van der Waals surface area contributed by atoms with Crippen LogP contribution in [-0.4, -0.2) is 27.4 Å². The van der Waals surface area contributed by atoms with E-state index in [1.54, 1.807) is 23.1 Å². The molecule has 2 aromatic carbocycles. The Morgan fingerprint density at radius 2 is 1.79 bits per heavy atom. The van der Waals surface area contributed by atoms with Gasteiger partial charge in [-0.15, -0.1) is 0 Å². The van der Waals surface area contributed by atoms with Crippen molar-refractivity contribution in [1.82, 2.24) is 20.2 Å². The molecule has 0 aliphatic heterocycles. The fraction of sp³-hybridized carbons (Fsp3) is 0.318. The Morgan fingerprint density at radius 1 is 1.11 bits per heavy atom. The van der Waals surface area contributed by atoms with Gasteiger partial charge in [0.25, 0.3) is 5.56 Å². The molecule has 1 unspecified atom stereocenters. The molecule has 3 rings (SSSR count). The van der Waals surface area contributed by atoms with E-state index in [2.05, 4.69) is 29.1 Å². The van der Waals surface area contributed by atoms with Gasteiger partial charge in [0.2, 0.25) is 0 Å². The quantitative estimate of drug-likeness (QED) is 0.684. The number of nitrogens with one attached hydrogen (secondary N) is 2. The van der Waals surface area contributed by atoms with Crippen molar-refractivity contribution in [2.24, 2.45) is 5.92 Å². The van der Waals surface area contributed by atoms with E-state index in [0.29, 0.717) is 23.3 Å². The maximum absolute atomic E-state index is 12.9. The van der Waals surface area contributed by atoms with Gasteiger partial charge in [-0.2, -0.15) is 0 Å². The number of urea groups is 1. The molecule has 0 aliphatic rings. The van der Waals surface area contributed by atoms with Crippen LogP contribution in [-0.2, 0) is 6.54 Å². The summed E-state index contributed by atoms with van der Waals surface area (Å²) < 4.78 is 0. The maximum atomic E-state index is 12.9. The molecule has 6 heteroatoms. The van der Waals surface area contributed by atoms with Gasteiger partial charge in [0.1, 0.15) is 5.82 Å². The zero-order valence-corrected chi connectivity index (χ0v) is 16.5. The largest absolute Gasteiger partial charge is 0.331 e. The fourth-order valence-electron chi connectivity index (χ4n) is 3.24. The summed E-state index contributed by atoms with van der Waals surface area (Å²) >= 11 is 0. The second kappa shape index (κ2) is 8.69. The van der Waals surface area contributed by atoms with Crippen LogP contribution in [0.3, 0.4) is 0 Å². The van der Waals surface area contributed by atoms with E-state index in [0.717, 1.165) is 5.56 Å². The van der Waals surface area contributed by atoms with Gasteiger partial charge in [-0.1, -0.05) is 56.3 Å². The van der Waals surface area contributed by atoms with Gasteiger partial charge >= 0.3 is 6.03 Å². The lowest BCUT2D eigenvalue weighted by Gasteiger charge is -2.27. The summed E-state index contributed by atoms with van der Waals surface area (Å²) in [4.78, 5) is 34.1. The van der Waals surface area contributed by atoms with Crippen LogP contribution < -0.4 is 10.9 Å². The van der Waals surface area contributed by atoms with Crippen molar-refractivity contribution in [2.45, 2.75) is 33.4 Å². The molecule has 146 valence electrons. The number of carbonyl (C=O) groups excluding carboxylic acids is 1. The standard InChI is InChI=1S/C22H26N4O2/c1-4-26(14-19-23-18-13-9-8-12-17(18)21(27)24-19)22(28)25-20(15(2)3)16-10-6-5-7-11-16/h5-13,15,20H,4,14H2,1-3H3,(H,25,28)(H,23,24,27). The van der Waals surface area contributed by atoms with Crippen molar-refractivity contribution in [2.75, 3.05) is 6.54 Å². The van der Waals surface area contributed by atoms with E-state index in [9.17, 15) is 9.59 Å². The molecule has 1 heterocycles. The van der Waals surface area contributed by atoms with Gasteiger partial charge in [-0.05, 0) is 30.5 Å². The first-order valence-electron chi connectivity index (χ1n) is 9.58. The number of para-hydroxylation sites is 1. The molecule has 1 atom stereocenters. The first-order chi connectivity index (χ1) is 13.5. The zero-order chi connectivity index (χ0) is 20.1. The van der Waals surface area contributed by atoms with Gasteiger partial charge < -0.3 is 15.2 Å². The van der Waals surface area contributed by atoms with Crippen LogP contribution in [0.4, 0.5) is 4.79 Å². The monoisotopic (exact) mass is 378 g/mol. The molecule has 0 fully saturated rings. The molecule has 2 amide bonds. The SMILES string of the molecule is CCN(Cc1nc2ccccc2c(=O)[nH]1)C(=O)NC(c1ccccc1)C(C)C. The third-order valence-electron chi connectivity index (χ3n) is 4.78. The molecule has 28 heavy (non-hydrogen) atoms. The lowest BCUT2D eigenvalue weighted by Crippen LogP contribution is -2.43. The van der Waals surface area contributed by atoms with E-state index < -0.39 is 0 Å². The molecule has 0 saturated carbocycles. The number of amides is 2. The number of rotatable bonds is 6. The van der Waals surface area contributed by atoms with Crippen molar-refractivity contribution in [3.63, 3.8) is 0 Å². The third-order valence-corrected chi connectivity index (χ3v) is 4.78. The van der Waals surface area contributed by atoms with Crippen LogP contribution in [0.5, 0.6) is 0 Å². The van der Waals surface area contributed by atoms with Crippen molar-refractivity contribution in [1.29, 1.82) is 0 Å². The van der Waals surface area contributed by atoms with E-state index >= 15 is 0 Å². The molecule has 3 aromatic rings. The predicted molar refractivity (Wildman–Crippen MR) is 111 cm³/mol. The zero-order valence-electron chi connectivity index (χ0n) is 16.5. The van der Waals surface area contributed by atoms with E-state index in [-0.39, 0.29) is 30.1 Å². The lowest BCUT2D eigenvalue weighted by molar-refractivity contribution is 0.189. The van der Waals surface area contributed by atoms with Crippen molar-refractivity contribution >= 4 is 16.9 Å². The van der Waals surface area contributed by atoms with Gasteiger partial charge in [0.05, 0.1) is 23.5 Å². The normalized spacial score (nSPS) is 12.1. The van der Waals surface area contributed by atoms with Crippen molar-refractivity contribution in [3.05, 3.63) is 76.3 Å². The van der Waals surface area contributed by atoms with Crippen molar-refractivity contribution in [3.8, 4) is 0 Å². The number of hydrogen-bond donors (Lipinski definition) is 2. The highest BCUT2D eigenvalue weighted by molar-refractivity contribution is 5.77. The van der Waals surface area contributed by atoms with Gasteiger partial charge in [0, 0.05) is 6.54 Å². The highest BCUT2D eigenvalue weighted by Gasteiger charge is 2.21. The Kier molecular flexibility index (Phi) is 6.09. The van der Waals surface area contributed by atoms with Crippen LogP contribution in [0, 0.1) is 5.92 Å². The maximum Gasteiger partial charge on any atom is 0.318 e. The summed E-state index contributed by atoms with van der Waals surface area (Å²) in [5.74, 6) is 0.713. The van der Waals surface area contributed by atoms with Crippen LogP contribution >= 0.6 is 0 Å². The number of aromatic nitrogens is 2. The molecule has 0 radical (unpaired) electrons. The van der Waals surface area contributed by atoms with E-state index in [4.69, 9.17) is 0 Å². The van der Waals surface area contributed by atoms with Crippen molar-refractivity contribution < 1.29 is 4.79 Å². The summed E-state index contributed by atoms with van der Waals surface area (Å²) in [5.41, 5.74) is 1.50. The minimum absolute atomic E-state index is 0.0913. The molecule has 0 saturated heterocycles. The number of H-pyrrole nitrogens is 1. The summed E-state index contributed by atoms with van der Waals surface area (Å²) in [6, 6.07) is 16.9. The number of nitrogens with zero attached hydrogens (tertiary/aromatic N) is 2. The lowest BCUT2D eigenvalue weighted by atomic mass is 9.96. The molecular formula is C22H26N4O2. The average Bonchev–Trinajstić information content (AvgIpc) is 2.70. The average molecular weight is 378 g/mol. The highest BCUT2D eigenvalue weighted by Crippen LogP contribution is 2.21. The highest BCUT2D eigenvalue weighted by atomic mass is 16.2. The second-order valence-corrected chi connectivity index (χ2v) is 7.13. The molecule has 2 N–H and O–H groups in total. The predicted octanol–water partition coefficient (Wildman–Crippen LogP) is 3.85. The van der Waals surface area contributed by atoms with Crippen LogP contribution in [0.2, 0.25) is 0 Å². The summed E-state index contributed by atoms with van der Waals surface area (Å²) in [7, 11) is 0. The Hall–Kier alpha value is -3.15. The second-order valence-electron chi connectivity index (χ2n) is 7.13. The summed E-state index contributed by atoms with van der Waals surface area (Å²) in [6.45, 7) is 6.81. The van der Waals surface area contributed by atoms with Crippen LogP contribution in [0.15, 0.2) is 59.4 Å². The topological polar surface area (TPSA) is 78.1 Å². The third kappa shape index (κ3) is 4.39. The smallest absolute Gasteiger partial charge is 0.318 e. The van der Waals surface area contributed by atoms with Gasteiger partial charge in [0.15, 0.2) is 0 Å². The van der Waals surface area contributed by atoms with Crippen LogP contribution in [0.1, 0.15) is 38.2 Å². The van der Waals surface area contributed by atoms with Gasteiger partial charge in [-0.25, -0.2) is 9.78 Å². The molecule has 0 aliphatic carbocycles. The van der Waals surface area contributed by atoms with E-state index in [1.165, 1.54) is 0 Å². The fourth-order valence-corrected chi connectivity index (χ4v) is 3.24. The summed E-state index contributed by atoms with van der Waals surface area (Å²) in [6.07, 6.45) is 0. The first kappa shape index (κ1) is 19.6. The molecule has 6 nitrogen and oxygen atoms in total. The number of fused-ring (bicyclic) bond motifs is 1. The summed E-state index contributed by atoms with van der Waals surface area (Å²) in [5, 5.41) is 3.67. The molecule has 1 aromatic heterocycles. The minimum atomic E-state index is -0.193. The molecule has 0 spiro atoms. The van der Waals surface area contributed by atoms with Crippen LogP contribution in [0.25, 0.3) is 10.9 Å². The molecular weight excluding hydrogens is 352 g/mol. The number of benzene rings is 2. The number of carbonyl (C=O) groups is 1. The van der Waals surface area contributed by atoms with E-state index in [1.807, 2.05) is 43.3 Å². The van der Waals surface area contributed by atoms with Gasteiger partial charge in [-0.3, -0.25) is 4.79 Å². The Morgan fingerprint density at radius 3 is 2.46 bits per heavy atom. The Balaban J connectivity index is 1.79. The number of aromatic amines is 1. The first-order valence-corrected chi connectivity index (χ1v) is 9.58. The minimum Gasteiger partial charge on any atom is -0.331 e.